The smallest absolute Gasteiger partial charge is 0.352 e. The minimum Gasteiger partial charge on any atom is -0.477 e. The topological polar surface area (TPSA) is 111 Å². The molecule has 9 nitrogen and oxygen atoms in total. The van der Waals surface area contributed by atoms with Crippen molar-refractivity contribution in [2.75, 3.05) is 11.9 Å². The zero-order valence-electron chi connectivity index (χ0n) is 11.3. The van der Waals surface area contributed by atoms with Gasteiger partial charge in [-0.1, -0.05) is 0 Å². The van der Waals surface area contributed by atoms with E-state index in [9.17, 15) is 19.7 Å². The molecule has 0 aliphatic carbocycles. The Kier molecular flexibility index (Phi) is 3.49. The van der Waals surface area contributed by atoms with E-state index < -0.39 is 16.9 Å². The lowest BCUT2D eigenvalue weighted by Gasteiger charge is -2.15. The van der Waals surface area contributed by atoms with Crippen LogP contribution in [-0.2, 0) is 7.05 Å². The molecule has 110 valence electrons. The number of amides is 1. The molecule has 2 aromatic rings. The van der Waals surface area contributed by atoms with Crippen LogP contribution >= 0.6 is 0 Å². The van der Waals surface area contributed by atoms with Crippen molar-refractivity contribution in [3.8, 4) is 0 Å². The van der Waals surface area contributed by atoms with Crippen LogP contribution in [0.3, 0.4) is 0 Å². The van der Waals surface area contributed by atoms with Gasteiger partial charge >= 0.3 is 12.0 Å². The average molecular weight is 292 g/mol. The first-order valence-electron chi connectivity index (χ1n) is 5.81. The third-order valence-corrected chi connectivity index (χ3v) is 2.99. The van der Waals surface area contributed by atoms with Crippen molar-refractivity contribution in [2.24, 2.45) is 7.05 Å². The van der Waals surface area contributed by atoms with Crippen LogP contribution in [0.15, 0.2) is 30.7 Å². The molecule has 0 fully saturated rings. The van der Waals surface area contributed by atoms with E-state index in [0.29, 0.717) is 5.69 Å². The van der Waals surface area contributed by atoms with Gasteiger partial charge in [0.2, 0.25) is 0 Å². The minimum atomic E-state index is -1.11. The summed E-state index contributed by atoms with van der Waals surface area (Å²) in [4.78, 5) is 34.4. The highest BCUT2D eigenvalue weighted by Crippen LogP contribution is 2.19. The van der Waals surface area contributed by atoms with Crippen molar-refractivity contribution in [1.82, 2.24) is 9.13 Å². The molecular weight excluding hydrogens is 280 g/mol. The lowest BCUT2D eigenvalue weighted by atomic mass is 10.4. The number of anilines is 1. The van der Waals surface area contributed by atoms with Crippen LogP contribution in [0, 0.1) is 10.1 Å². The monoisotopic (exact) mass is 292 g/mol. The first-order valence-corrected chi connectivity index (χ1v) is 5.81. The molecule has 2 heterocycles. The Morgan fingerprint density at radius 2 is 2.05 bits per heavy atom. The number of hydrogen-bond acceptors (Lipinski definition) is 4. The summed E-state index contributed by atoms with van der Waals surface area (Å²) in [5.74, 6) is -1.11. The molecule has 0 atom stereocenters. The quantitative estimate of drug-likeness (QED) is 0.681. The van der Waals surface area contributed by atoms with Crippen LogP contribution in [0.4, 0.5) is 16.2 Å². The number of hydrogen-bond donors (Lipinski definition) is 1. The van der Waals surface area contributed by atoms with Crippen LogP contribution in [-0.4, -0.2) is 38.2 Å². The summed E-state index contributed by atoms with van der Waals surface area (Å²) in [6.07, 6.45) is 3.86. The van der Waals surface area contributed by atoms with Crippen LogP contribution in [0.2, 0.25) is 0 Å². The van der Waals surface area contributed by atoms with E-state index in [4.69, 9.17) is 5.11 Å². The highest BCUT2D eigenvalue weighted by molar-refractivity contribution is 5.95. The summed E-state index contributed by atoms with van der Waals surface area (Å²) in [6.45, 7) is 0. The average Bonchev–Trinajstić information content (AvgIpc) is 3.03. The Labute approximate surface area is 118 Å². The highest BCUT2D eigenvalue weighted by atomic mass is 16.6. The third-order valence-electron chi connectivity index (χ3n) is 2.99. The van der Waals surface area contributed by atoms with Gasteiger partial charge in [0.15, 0.2) is 0 Å². The number of carboxylic acids is 1. The largest absolute Gasteiger partial charge is 0.477 e. The number of aryl methyl sites for hydroxylation is 1. The van der Waals surface area contributed by atoms with Crippen LogP contribution in [0.1, 0.15) is 10.5 Å². The van der Waals surface area contributed by atoms with Gasteiger partial charge in [0, 0.05) is 32.6 Å². The van der Waals surface area contributed by atoms with E-state index >= 15 is 0 Å². The number of carbonyl (C=O) groups excluding carboxylic acids is 1. The molecule has 0 unspecified atom stereocenters. The molecule has 0 aliphatic heterocycles. The number of nitro groups is 1. The van der Waals surface area contributed by atoms with Gasteiger partial charge in [-0.2, -0.15) is 0 Å². The van der Waals surface area contributed by atoms with E-state index in [0.717, 1.165) is 10.8 Å². The first kappa shape index (κ1) is 14.3. The molecule has 0 radical (unpaired) electrons. The fraction of sp³-hybridized carbons (Fsp3) is 0.167. The first-order chi connectivity index (χ1) is 9.81. The van der Waals surface area contributed by atoms with Crippen LogP contribution < -0.4 is 4.90 Å². The van der Waals surface area contributed by atoms with Crippen molar-refractivity contribution in [2.45, 2.75) is 0 Å². The fourth-order valence-corrected chi connectivity index (χ4v) is 1.84. The Morgan fingerprint density at radius 3 is 2.52 bits per heavy atom. The van der Waals surface area contributed by atoms with E-state index in [1.807, 2.05) is 0 Å². The van der Waals surface area contributed by atoms with Gasteiger partial charge in [0.1, 0.15) is 5.69 Å². The number of carbonyl (C=O) groups is 2. The van der Waals surface area contributed by atoms with Gasteiger partial charge in [-0.25, -0.2) is 9.59 Å². The van der Waals surface area contributed by atoms with E-state index in [1.165, 1.54) is 41.0 Å². The SMILES string of the molecule is CN(C(=O)n1ccc([N+](=O)[O-])c1)c1cc(C(=O)O)n(C)c1. The van der Waals surface area contributed by atoms with Gasteiger partial charge in [-0.15, -0.1) is 0 Å². The van der Waals surface area contributed by atoms with Gasteiger partial charge < -0.3 is 9.67 Å². The van der Waals surface area contributed by atoms with Gasteiger partial charge in [0.05, 0.1) is 16.8 Å². The zero-order chi connectivity index (χ0) is 15.7. The van der Waals surface area contributed by atoms with Crippen molar-refractivity contribution < 1.29 is 19.6 Å². The second-order valence-corrected chi connectivity index (χ2v) is 4.38. The Morgan fingerprint density at radius 1 is 1.38 bits per heavy atom. The van der Waals surface area contributed by atoms with E-state index in [-0.39, 0.29) is 11.4 Å². The lowest BCUT2D eigenvalue weighted by Crippen LogP contribution is -2.29. The predicted octanol–water partition coefficient (Wildman–Crippen LogP) is 1.54. The summed E-state index contributed by atoms with van der Waals surface area (Å²) in [7, 11) is 3.00. The second kappa shape index (κ2) is 5.12. The van der Waals surface area contributed by atoms with Gasteiger partial charge in [0.25, 0.3) is 5.69 Å². The van der Waals surface area contributed by atoms with Crippen molar-refractivity contribution in [3.05, 3.63) is 46.5 Å². The molecule has 0 saturated carbocycles. The molecule has 0 aromatic carbocycles. The minimum absolute atomic E-state index is 0.0307. The number of carboxylic acid groups (broad SMARTS) is 1. The van der Waals surface area contributed by atoms with E-state index in [2.05, 4.69) is 0 Å². The van der Waals surface area contributed by atoms with Crippen molar-refractivity contribution >= 4 is 23.4 Å². The highest BCUT2D eigenvalue weighted by Gasteiger charge is 2.19. The zero-order valence-corrected chi connectivity index (χ0v) is 11.3. The molecule has 2 rings (SSSR count). The van der Waals surface area contributed by atoms with Crippen LogP contribution in [0.25, 0.3) is 0 Å². The number of nitrogens with zero attached hydrogens (tertiary/aromatic N) is 4. The summed E-state index contributed by atoms with van der Waals surface area (Å²) >= 11 is 0. The normalized spacial score (nSPS) is 10.4. The fourth-order valence-electron chi connectivity index (χ4n) is 1.84. The van der Waals surface area contributed by atoms with Crippen LogP contribution in [0.5, 0.6) is 0 Å². The molecule has 21 heavy (non-hydrogen) atoms. The van der Waals surface area contributed by atoms with Crippen molar-refractivity contribution in [1.29, 1.82) is 0 Å². The standard InChI is InChI=1S/C12H12N4O5/c1-13-6-9(5-10(13)11(17)18)14(2)12(19)15-4-3-8(7-15)16(20)21/h3-7H,1-2H3,(H,17,18). The summed E-state index contributed by atoms with van der Waals surface area (Å²) in [6, 6.07) is 2.02. The van der Waals surface area contributed by atoms with E-state index in [1.54, 1.807) is 7.05 Å². The predicted molar refractivity (Wildman–Crippen MR) is 72.7 cm³/mol. The summed E-state index contributed by atoms with van der Waals surface area (Å²) in [5.41, 5.74) is 0.204. The number of aromatic carboxylic acids is 1. The second-order valence-electron chi connectivity index (χ2n) is 4.38. The number of aromatic nitrogens is 2. The maximum absolute atomic E-state index is 12.2. The molecule has 0 bridgehead atoms. The molecule has 0 saturated heterocycles. The maximum atomic E-state index is 12.2. The Bertz CT molecular complexity index is 730. The van der Waals surface area contributed by atoms with Gasteiger partial charge in [-0.3, -0.25) is 19.6 Å². The lowest BCUT2D eigenvalue weighted by molar-refractivity contribution is -0.384. The summed E-state index contributed by atoms with van der Waals surface area (Å²) < 4.78 is 2.44. The summed E-state index contributed by atoms with van der Waals surface area (Å²) in [5, 5.41) is 19.6. The van der Waals surface area contributed by atoms with Crippen molar-refractivity contribution in [3.63, 3.8) is 0 Å². The molecule has 1 N–H and O–H groups in total. The van der Waals surface area contributed by atoms with Gasteiger partial charge in [-0.05, 0) is 6.07 Å². The Balaban J connectivity index is 2.28. The molecule has 0 aliphatic rings. The molecule has 2 aromatic heterocycles. The third kappa shape index (κ3) is 2.61. The molecular formula is C12H12N4O5. The Hall–Kier alpha value is -3.10. The number of rotatable bonds is 3. The molecule has 9 heteroatoms. The maximum Gasteiger partial charge on any atom is 0.352 e. The molecule has 1 amide bonds. The molecule has 0 spiro atoms.